The molecule has 0 aliphatic carbocycles. The van der Waals surface area contributed by atoms with Gasteiger partial charge in [-0.05, 0) is 51.0 Å². The van der Waals surface area contributed by atoms with Crippen LogP contribution >= 0.6 is 23.4 Å². The first-order valence-electron chi connectivity index (χ1n) is 10.0. The van der Waals surface area contributed by atoms with Crippen LogP contribution in [0.3, 0.4) is 0 Å². The van der Waals surface area contributed by atoms with Gasteiger partial charge in [0.15, 0.2) is 23.3 Å². The number of fused-ring (bicyclic) bond motifs is 1. The number of halogens is 1. The van der Waals surface area contributed by atoms with E-state index in [2.05, 4.69) is 4.99 Å². The Hall–Kier alpha value is -2.18. The number of thioether (sulfide) groups is 1. The Morgan fingerprint density at radius 3 is 2.97 bits per heavy atom. The van der Waals surface area contributed by atoms with E-state index in [1.165, 1.54) is 0 Å². The fraction of sp³-hybridized carbons (Fsp3) is 0.391. The quantitative estimate of drug-likeness (QED) is 0.634. The Balaban J connectivity index is 1.48. The normalized spacial score (nSPS) is 18.8. The molecule has 2 aromatic rings. The van der Waals surface area contributed by atoms with Crippen LogP contribution in [0.4, 0.5) is 5.69 Å². The molecule has 2 heterocycles. The van der Waals surface area contributed by atoms with Gasteiger partial charge in [0.05, 0.1) is 5.69 Å². The molecule has 0 N–H and O–H groups in total. The summed E-state index contributed by atoms with van der Waals surface area (Å²) in [4.78, 5) is 19.3. The summed E-state index contributed by atoms with van der Waals surface area (Å²) >= 11 is 7.80. The van der Waals surface area contributed by atoms with E-state index in [1.807, 2.05) is 57.2 Å². The third-order valence-corrected chi connectivity index (χ3v) is 6.55. The van der Waals surface area contributed by atoms with Crippen LogP contribution in [0.2, 0.25) is 5.02 Å². The highest BCUT2D eigenvalue weighted by Crippen LogP contribution is 2.41. The second kappa shape index (κ2) is 8.52. The van der Waals surface area contributed by atoms with Crippen molar-refractivity contribution in [2.24, 2.45) is 4.99 Å². The molecule has 1 amide bonds. The average molecular weight is 445 g/mol. The fourth-order valence-electron chi connectivity index (χ4n) is 3.56. The molecule has 4 rings (SSSR count). The number of carbonyl (C=O) groups is 1. The number of rotatable bonds is 4. The van der Waals surface area contributed by atoms with Gasteiger partial charge in [-0.3, -0.25) is 9.69 Å². The number of amides is 1. The van der Waals surface area contributed by atoms with E-state index < -0.39 is 0 Å². The van der Waals surface area contributed by atoms with Gasteiger partial charge in [-0.15, -0.1) is 0 Å². The zero-order chi connectivity index (χ0) is 21.3. The molecule has 30 heavy (non-hydrogen) atoms. The smallest absolute Gasteiger partial charge is 0.266 e. The van der Waals surface area contributed by atoms with E-state index in [9.17, 15) is 4.79 Å². The molecule has 1 saturated heterocycles. The van der Waals surface area contributed by atoms with Crippen LogP contribution in [0.15, 0.2) is 41.4 Å². The Morgan fingerprint density at radius 1 is 1.33 bits per heavy atom. The minimum atomic E-state index is -0.259. The zero-order valence-electron chi connectivity index (χ0n) is 17.4. The molecule has 5 nitrogen and oxygen atoms in total. The van der Waals surface area contributed by atoms with Gasteiger partial charge in [0.1, 0.15) is 5.60 Å². The molecule has 0 saturated carbocycles. The summed E-state index contributed by atoms with van der Waals surface area (Å²) < 4.78 is 11.9. The average Bonchev–Trinajstić information content (AvgIpc) is 3.03. The summed E-state index contributed by atoms with van der Waals surface area (Å²) in [7, 11) is 0. The largest absolute Gasteiger partial charge is 0.483 e. The molecular weight excluding hydrogens is 420 g/mol. The fourth-order valence-corrected chi connectivity index (χ4v) is 4.71. The van der Waals surface area contributed by atoms with Crippen molar-refractivity contribution in [3.63, 3.8) is 0 Å². The Morgan fingerprint density at radius 2 is 2.17 bits per heavy atom. The van der Waals surface area contributed by atoms with Gasteiger partial charge < -0.3 is 9.47 Å². The number of nitrogens with zero attached hydrogens (tertiary/aromatic N) is 2. The number of ether oxygens (including phenoxy) is 2. The molecule has 1 fully saturated rings. The lowest BCUT2D eigenvalue weighted by Gasteiger charge is -2.28. The van der Waals surface area contributed by atoms with Crippen LogP contribution in [0, 0.1) is 6.92 Å². The molecule has 158 valence electrons. The monoisotopic (exact) mass is 444 g/mol. The Bertz CT molecular complexity index is 1010. The molecule has 0 aromatic heterocycles. The van der Waals surface area contributed by atoms with Gasteiger partial charge in [-0.2, -0.15) is 0 Å². The topological polar surface area (TPSA) is 51.1 Å². The maximum atomic E-state index is 13.0. The van der Waals surface area contributed by atoms with E-state index in [0.717, 1.165) is 41.2 Å². The van der Waals surface area contributed by atoms with E-state index in [1.54, 1.807) is 16.7 Å². The van der Waals surface area contributed by atoms with E-state index >= 15 is 0 Å². The maximum absolute atomic E-state index is 13.0. The van der Waals surface area contributed by atoms with Gasteiger partial charge in [0, 0.05) is 29.3 Å². The number of aliphatic imine (C=N–C) groups is 1. The minimum absolute atomic E-state index is 0.0610. The SMILES string of the molecule is Cc1ccc(N=C2SCCCN2C(=O)COc2cccc3c2OC(C)(C)C3)cc1Cl. The van der Waals surface area contributed by atoms with Gasteiger partial charge in [-0.25, -0.2) is 4.99 Å². The van der Waals surface area contributed by atoms with Crippen molar-refractivity contribution in [1.29, 1.82) is 0 Å². The van der Waals surface area contributed by atoms with Crippen molar-refractivity contribution in [3.8, 4) is 11.5 Å². The molecule has 0 atom stereocenters. The third kappa shape index (κ3) is 4.60. The molecule has 2 aliphatic rings. The van der Waals surface area contributed by atoms with Crippen LogP contribution in [0.1, 0.15) is 31.4 Å². The lowest BCUT2D eigenvalue weighted by atomic mass is 10.0. The molecule has 0 radical (unpaired) electrons. The third-order valence-electron chi connectivity index (χ3n) is 5.08. The summed E-state index contributed by atoms with van der Waals surface area (Å²) in [6.45, 7) is 6.62. The predicted octanol–water partition coefficient (Wildman–Crippen LogP) is 5.39. The van der Waals surface area contributed by atoms with Crippen molar-refractivity contribution in [2.45, 2.75) is 39.2 Å². The second-order valence-electron chi connectivity index (χ2n) is 8.15. The van der Waals surface area contributed by atoms with Crippen molar-refractivity contribution in [3.05, 3.63) is 52.5 Å². The first-order valence-corrected chi connectivity index (χ1v) is 11.4. The number of para-hydroxylation sites is 1. The van der Waals surface area contributed by atoms with Crippen LogP contribution < -0.4 is 9.47 Å². The summed E-state index contributed by atoms with van der Waals surface area (Å²) in [5.41, 5.74) is 2.59. The molecular formula is C23H25ClN2O3S. The van der Waals surface area contributed by atoms with Gasteiger partial charge in [0.25, 0.3) is 5.91 Å². The zero-order valence-corrected chi connectivity index (χ0v) is 19.0. The molecule has 2 aromatic carbocycles. The van der Waals surface area contributed by atoms with Gasteiger partial charge in [-0.1, -0.05) is 41.6 Å². The number of hydrogen-bond acceptors (Lipinski definition) is 5. The lowest BCUT2D eigenvalue weighted by Crippen LogP contribution is -2.41. The Kier molecular flexibility index (Phi) is 5.98. The van der Waals surface area contributed by atoms with Crippen molar-refractivity contribution < 1.29 is 14.3 Å². The van der Waals surface area contributed by atoms with Crippen LogP contribution in [0.25, 0.3) is 0 Å². The molecule has 2 aliphatic heterocycles. The molecule has 0 bridgehead atoms. The summed E-state index contributed by atoms with van der Waals surface area (Å²) in [5, 5.41) is 1.35. The number of aryl methyl sites for hydroxylation is 1. The van der Waals surface area contributed by atoms with Crippen LogP contribution in [-0.4, -0.2) is 40.5 Å². The summed E-state index contributed by atoms with van der Waals surface area (Å²) in [6, 6.07) is 11.5. The number of amidine groups is 1. The number of carbonyl (C=O) groups excluding carboxylic acids is 1. The lowest BCUT2D eigenvalue weighted by molar-refractivity contribution is -0.129. The maximum Gasteiger partial charge on any atom is 0.266 e. The van der Waals surface area contributed by atoms with Crippen LogP contribution in [0.5, 0.6) is 11.5 Å². The highest BCUT2D eigenvalue weighted by molar-refractivity contribution is 8.13. The number of benzene rings is 2. The standard InChI is InChI=1S/C23H25ClN2O3S/c1-15-8-9-17(12-18(15)24)25-22-26(10-5-11-30-22)20(27)14-28-19-7-4-6-16-13-23(2,3)29-21(16)19/h4,6-9,12H,5,10-11,13-14H2,1-3H3. The number of hydrogen-bond donors (Lipinski definition) is 0. The first-order chi connectivity index (χ1) is 14.3. The summed E-state index contributed by atoms with van der Waals surface area (Å²) in [6.07, 6.45) is 1.74. The second-order valence-corrected chi connectivity index (χ2v) is 9.62. The molecule has 7 heteroatoms. The van der Waals surface area contributed by atoms with E-state index in [0.29, 0.717) is 22.5 Å². The molecule has 0 unspecified atom stereocenters. The first kappa shape index (κ1) is 21.1. The molecule has 0 spiro atoms. The summed E-state index contributed by atoms with van der Waals surface area (Å²) in [5.74, 6) is 2.17. The highest BCUT2D eigenvalue weighted by atomic mass is 35.5. The Labute approximate surface area is 186 Å². The van der Waals surface area contributed by atoms with Gasteiger partial charge in [0.2, 0.25) is 0 Å². The van der Waals surface area contributed by atoms with Crippen molar-refractivity contribution in [1.82, 2.24) is 4.90 Å². The van der Waals surface area contributed by atoms with Crippen LogP contribution in [-0.2, 0) is 11.2 Å². The van der Waals surface area contributed by atoms with Gasteiger partial charge >= 0.3 is 0 Å². The van der Waals surface area contributed by atoms with Crippen molar-refractivity contribution >= 4 is 40.1 Å². The van der Waals surface area contributed by atoms with E-state index in [4.69, 9.17) is 21.1 Å². The minimum Gasteiger partial charge on any atom is -0.483 e. The van der Waals surface area contributed by atoms with Crippen molar-refractivity contribution in [2.75, 3.05) is 18.9 Å². The predicted molar refractivity (Wildman–Crippen MR) is 122 cm³/mol. The van der Waals surface area contributed by atoms with E-state index in [-0.39, 0.29) is 18.1 Å². The highest BCUT2D eigenvalue weighted by Gasteiger charge is 2.32.